The van der Waals surface area contributed by atoms with Crippen molar-refractivity contribution in [3.8, 4) is 11.5 Å². The summed E-state index contributed by atoms with van der Waals surface area (Å²) in [5.74, 6) is 1.55. The van der Waals surface area contributed by atoms with Crippen molar-refractivity contribution in [1.82, 2.24) is 0 Å². The molecule has 0 aliphatic heterocycles. The minimum absolute atomic E-state index is 0.0885. The Hall–Kier alpha value is -1.22. The van der Waals surface area contributed by atoms with Crippen molar-refractivity contribution in [3.05, 3.63) is 23.8 Å². The summed E-state index contributed by atoms with van der Waals surface area (Å²) in [4.78, 5) is 0. The molecule has 1 aromatic rings. The molecule has 15 heavy (non-hydrogen) atoms. The first-order valence-electron chi connectivity index (χ1n) is 5.19. The fourth-order valence-electron chi connectivity index (χ4n) is 1.42. The maximum absolute atomic E-state index is 5.96. The molecule has 0 unspecified atom stereocenters. The Morgan fingerprint density at radius 3 is 2.67 bits per heavy atom. The number of aryl methyl sites for hydroxylation is 1. The van der Waals surface area contributed by atoms with Gasteiger partial charge in [0, 0.05) is 0 Å². The number of hydrogen-bond acceptors (Lipinski definition) is 3. The summed E-state index contributed by atoms with van der Waals surface area (Å²) in [6.45, 7) is 2.61. The lowest BCUT2D eigenvalue weighted by Crippen LogP contribution is -2.29. The van der Waals surface area contributed by atoms with E-state index >= 15 is 0 Å². The molecule has 0 atom stereocenters. The van der Waals surface area contributed by atoms with Crippen molar-refractivity contribution in [2.24, 2.45) is 5.73 Å². The molecule has 0 spiro atoms. The number of ether oxygens (including phenoxy) is 2. The normalized spacial score (nSPS) is 17.3. The van der Waals surface area contributed by atoms with E-state index in [0.717, 1.165) is 29.9 Å². The number of hydrogen-bond donors (Lipinski definition) is 1. The third-order valence-corrected chi connectivity index (χ3v) is 2.73. The molecule has 1 aliphatic rings. The summed E-state index contributed by atoms with van der Waals surface area (Å²) in [7, 11) is 1.65. The zero-order chi connectivity index (χ0) is 10.9. The average Bonchev–Trinajstić information content (AvgIpc) is 2.95. The average molecular weight is 207 g/mol. The highest BCUT2D eigenvalue weighted by Gasteiger charge is 2.39. The molecule has 1 fully saturated rings. The van der Waals surface area contributed by atoms with E-state index in [-0.39, 0.29) is 5.54 Å². The van der Waals surface area contributed by atoms with E-state index in [1.54, 1.807) is 7.11 Å². The molecule has 0 saturated heterocycles. The van der Waals surface area contributed by atoms with E-state index in [0.29, 0.717) is 6.61 Å². The van der Waals surface area contributed by atoms with E-state index in [4.69, 9.17) is 15.2 Å². The van der Waals surface area contributed by atoms with Crippen molar-refractivity contribution in [2.45, 2.75) is 25.3 Å². The summed E-state index contributed by atoms with van der Waals surface area (Å²) < 4.78 is 10.9. The molecule has 0 radical (unpaired) electrons. The van der Waals surface area contributed by atoms with Crippen LogP contribution in [0.1, 0.15) is 18.4 Å². The van der Waals surface area contributed by atoms with Crippen molar-refractivity contribution < 1.29 is 9.47 Å². The number of nitrogens with two attached hydrogens (primary N) is 1. The number of benzene rings is 1. The first-order valence-corrected chi connectivity index (χ1v) is 5.19. The Balaban J connectivity index is 2.08. The van der Waals surface area contributed by atoms with Gasteiger partial charge in [0.15, 0.2) is 11.5 Å². The Kier molecular flexibility index (Phi) is 2.57. The minimum Gasteiger partial charge on any atom is -0.493 e. The standard InChI is InChI=1S/C12H17NO2/c1-9-3-4-10(14-2)11(7-9)15-8-12(13)5-6-12/h3-4,7H,5-6,8,13H2,1-2H3. The van der Waals surface area contributed by atoms with E-state index in [2.05, 4.69) is 0 Å². The minimum atomic E-state index is -0.0885. The molecule has 3 heteroatoms. The molecule has 82 valence electrons. The molecule has 0 aromatic heterocycles. The molecule has 3 nitrogen and oxygen atoms in total. The summed E-state index contributed by atoms with van der Waals surface area (Å²) >= 11 is 0. The van der Waals surface area contributed by atoms with Crippen LogP contribution in [0.3, 0.4) is 0 Å². The third kappa shape index (κ3) is 2.42. The molecule has 1 aliphatic carbocycles. The van der Waals surface area contributed by atoms with Gasteiger partial charge in [-0.15, -0.1) is 0 Å². The second-order valence-corrected chi connectivity index (χ2v) is 4.31. The molecule has 1 aromatic carbocycles. The number of methoxy groups -OCH3 is 1. The monoisotopic (exact) mass is 207 g/mol. The highest BCUT2D eigenvalue weighted by molar-refractivity contribution is 5.42. The SMILES string of the molecule is COc1ccc(C)cc1OCC1(N)CC1. The van der Waals surface area contributed by atoms with Crippen molar-refractivity contribution in [2.75, 3.05) is 13.7 Å². The van der Waals surface area contributed by atoms with Gasteiger partial charge in [-0.2, -0.15) is 0 Å². The first kappa shape index (κ1) is 10.3. The van der Waals surface area contributed by atoms with Gasteiger partial charge >= 0.3 is 0 Å². The molecule has 0 heterocycles. The second-order valence-electron chi connectivity index (χ2n) is 4.31. The summed E-state index contributed by atoms with van der Waals surface area (Å²) in [5, 5.41) is 0. The molecule has 2 rings (SSSR count). The molecule has 0 amide bonds. The lowest BCUT2D eigenvalue weighted by atomic mass is 10.2. The highest BCUT2D eigenvalue weighted by Crippen LogP contribution is 2.35. The molecule has 1 saturated carbocycles. The van der Waals surface area contributed by atoms with Gasteiger partial charge in [0.25, 0.3) is 0 Å². The van der Waals surface area contributed by atoms with Crippen LogP contribution in [0.15, 0.2) is 18.2 Å². The largest absolute Gasteiger partial charge is 0.493 e. The molecule has 2 N–H and O–H groups in total. The van der Waals surface area contributed by atoms with E-state index in [9.17, 15) is 0 Å². The van der Waals surface area contributed by atoms with Crippen molar-refractivity contribution in [1.29, 1.82) is 0 Å². The Morgan fingerprint density at radius 2 is 2.07 bits per heavy atom. The fraction of sp³-hybridized carbons (Fsp3) is 0.500. The molecular formula is C12H17NO2. The van der Waals surface area contributed by atoms with Gasteiger partial charge in [-0.05, 0) is 37.5 Å². The highest BCUT2D eigenvalue weighted by atomic mass is 16.5. The summed E-state index contributed by atoms with van der Waals surface area (Å²) in [6, 6.07) is 5.90. The maximum atomic E-state index is 5.96. The summed E-state index contributed by atoms with van der Waals surface area (Å²) in [6.07, 6.45) is 2.11. The lowest BCUT2D eigenvalue weighted by Gasteiger charge is -2.14. The summed E-state index contributed by atoms with van der Waals surface area (Å²) in [5.41, 5.74) is 7.03. The van der Waals surface area contributed by atoms with Crippen LogP contribution >= 0.6 is 0 Å². The predicted octanol–water partition coefficient (Wildman–Crippen LogP) is 1.87. The van der Waals surface area contributed by atoms with Crippen LogP contribution in [-0.4, -0.2) is 19.3 Å². The van der Waals surface area contributed by atoms with Gasteiger partial charge in [0.05, 0.1) is 12.6 Å². The Morgan fingerprint density at radius 1 is 1.33 bits per heavy atom. The quantitative estimate of drug-likeness (QED) is 0.819. The van der Waals surface area contributed by atoms with E-state index in [1.807, 2.05) is 25.1 Å². The van der Waals surface area contributed by atoms with Gasteiger partial charge in [-0.25, -0.2) is 0 Å². The predicted molar refractivity (Wildman–Crippen MR) is 59.4 cm³/mol. The van der Waals surface area contributed by atoms with Crippen molar-refractivity contribution >= 4 is 0 Å². The van der Waals surface area contributed by atoms with E-state index < -0.39 is 0 Å². The zero-order valence-corrected chi connectivity index (χ0v) is 9.25. The Labute approximate surface area is 90.2 Å². The van der Waals surface area contributed by atoms with Crippen LogP contribution < -0.4 is 15.2 Å². The topological polar surface area (TPSA) is 44.5 Å². The number of rotatable bonds is 4. The van der Waals surface area contributed by atoms with Gasteiger partial charge in [-0.1, -0.05) is 6.07 Å². The van der Waals surface area contributed by atoms with Crippen LogP contribution in [0.25, 0.3) is 0 Å². The third-order valence-electron chi connectivity index (χ3n) is 2.73. The molecular weight excluding hydrogens is 190 g/mol. The van der Waals surface area contributed by atoms with Crippen LogP contribution in [0, 0.1) is 6.92 Å². The van der Waals surface area contributed by atoms with Gasteiger partial charge < -0.3 is 15.2 Å². The fourth-order valence-corrected chi connectivity index (χ4v) is 1.42. The Bertz CT molecular complexity index is 359. The van der Waals surface area contributed by atoms with Crippen LogP contribution in [0.5, 0.6) is 11.5 Å². The maximum Gasteiger partial charge on any atom is 0.161 e. The lowest BCUT2D eigenvalue weighted by molar-refractivity contribution is 0.264. The van der Waals surface area contributed by atoms with Gasteiger partial charge in [0.2, 0.25) is 0 Å². The van der Waals surface area contributed by atoms with Crippen LogP contribution in [0.4, 0.5) is 0 Å². The zero-order valence-electron chi connectivity index (χ0n) is 9.25. The van der Waals surface area contributed by atoms with Gasteiger partial charge in [0.1, 0.15) is 6.61 Å². The van der Waals surface area contributed by atoms with Crippen LogP contribution in [-0.2, 0) is 0 Å². The van der Waals surface area contributed by atoms with E-state index in [1.165, 1.54) is 0 Å². The van der Waals surface area contributed by atoms with Gasteiger partial charge in [-0.3, -0.25) is 0 Å². The smallest absolute Gasteiger partial charge is 0.161 e. The van der Waals surface area contributed by atoms with Crippen LogP contribution in [0.2, 0.25) is 0 Å². The van der Waals surface area contributed by atoms with Crippen molar-refractivity contribution in [3.63, 3.8) is 0 Å². The first-order chi connectivity index (χ1) is 7.13. The molecule has 0 bridgehead atoms. The second kappa shape index (κ2) is 3.74.